The Kier molecular flexibility index (Phi) is 6.35. The summed E-state index contributed by atoms with van der Waals surface area (Å²) in [6.07, 6.45) is 4.63. The van der Waals surface area contributed by atoms with E-state index < -0.39 is 0 Å². The summed E-state index contributed by atoms with van der Waals surface area (Å²) in [7, 11) is 0. The fraction of sp³-hybridized carbons (Fsp3) is 0.400. The van der Waals surface area contributed by atoms with Gasteiger partial charge in [-0.05, 0) is 50.1 Å². The van der Waals surface area contributed by atoms with Crippen LogP contribution in [0.1, 0.15) is 48.0 Å². The van der Waals surface area contributed by atoms with Crippen LogP contribution in [0.5, 0.6) is 0 Å². The van der Waals surface area contributed by atoms with Crippen LogP contribution in [0.3, 0.4) is 0 Å². The maximum absolute atomic E-state index is 13.0. The van der Waals surface area contributed by atoms with E-state index in [0.717, 1.165) is 50.0 Å². The Balaban J connectivity index is 1.44. The molecule has 0 bridgehead atoms. The Labute approximate surface area is 183 Å². The Bertz CT molecular complexity index is 962. The van der Waals surface area contributed by atoms with Crippen LogP contribution in [-0.2, 0) is 9.59 Å². The summed E-state index contributed by atoms with van der Waals surface area (Å²) < 4.78 is 0. The lowest BCUT2D eigenvalue weighted by atomic mass is 10.1. The van der Waals surface area contributed by atoms with Gasteiger partial charge in [-0.3, -0.25) is 14.4 Å². The lowest BCUT2D eigenvalue weighted by Gasteiger charge is -2.24. The summed E-state index contributed by atoms with van der Waals surface area (Å²) in [4.78, 5) is 41.9. The van der Waals surface area contributed by atoms with Gasteiger partial charge in [-0.25, -0.2) is 0 Å². The molecule has 3 amide bonds. The highest BCUT2D eigenvalue weighted by molar-refractivity contribution is 6.06. The van der Waals surface area contributed by atoms with E-state index in [-0.39, 0.29) is 30.1 Å². The summed E-state index contributed by atoms with van der Waals surface area (Å²) >= 11 is 0. The first-order valence-corrected chi connectivity index (χ1v) is 11.1. The summed E-state index contributed by atoms with van der Waals surface area (Å²) in [6.45, 7) is 3.95. The third-order valence-electron chi connectivity index (χ3n) is 6.12. The van der Waals surface area contributed by atoms with Crippen LogP contribution in [0.2, 0.25) is 0 Å². The van der Waals surface area contributed by atoms with Gasteiger partial charge in [0.25, 0.3) is 5.91 Å². The molecule has 1 atom stereocenters. The van der Waals surface area contributed by atoms with Crippen LogP contribution in [0.4, 0.5) is 11.4 Å². The number of anilines is 2. The van der Waals surface area contributed by atoms with E-state index in [9.17, 15) is 14.4 Å². The molecule has 31 heavy (non-hydrogen) atoms. The fourth-order valence-electron chi connectivity index (χ4n) is 4.33. The third-order valence-corrected chi connectivity index (χ3v) is 6.12. The average molecular weight is 420 g/mol. The minimum atomic E-state index is -0.310. The molecule has 2 aromatic carbocycles. The lowest BCUT2D eigenvalue weighted by Crippen LogP contribution is -2.38. The van der Waals surface area contributed by atoms with Crippen molar-refractivity contribution in [3.05, 3.63) is 59.7 Å². The molecule has 4 rings (SSSR count). The molecule has 0 aliphatic carbocycles. The predicted molar refractivity (Wildman–Crippen MR) is 121 cm³/mol. The minimum Gasteiger partial charge on any atom is -0.342 e. The number of carbonyl (C=O) groups excluding carboxylic acids is 3. The van der Waals surface area contributed by atoms with E-state index in [1.165, 1.54) is 0 Å². The summed E-state index contributed by atoms with van der Waals surface area (Å²) in [5.74, 6) is -0.513. The fourth-order valence-corrected chi connectivity index (χ4v) is 4.33. The molecular weight excluding hydrogens is 390 g/mol. The second-order valence-corrected chi connectivity index (χ2v) is 8.52. The second-order valence-electron chi connectivity index (χ2n) is 8.52. The monoisotopic (exact) mass is 419 g/mol. The Morgan fingerprint density at radius 2 is 1.68 bits per heavy atom. The van der Waals surface area contributed by atoms with E-state index in [2.05, 4.69) is 5.32 Å². The molecule has 0 aromatic heterocycles. The Morgan fingerprint density at radius 3 is 2.39 bits per heavy atom. The first-order chi connectivity index (χ1) is 15.0. The van der Waals surface area contributed by atoms with Gasteiger partial charge >= 0.3 is 0 Å². The van der Waals surface area contributed by atoms with E-state index in [4.69, 9.17) is 0 Å². The van der Waals surface area contributed by atoms with Crippen molar-refractivity contribution in [1.82, 2.24) is 4.90 Å². The third kappa shape index (κ3) is 4.95. The van der Waals surface area contributed by atoms with E-state index in [1.807, 2.05) is 42.2 Å². The number of aryl methyl sites for hydroxylation is 1. The molecule has 2 aliphatic rings. The normalized spacial score (nSPS) is 19.3. The van der Waals surface area contributed by atoms with Gasteiger partial charge in [-0.1, -0.05) is 36.6 Å². The zero-order chi connectivity index (χ0) is 21.8. The standard InChI is InChI=1S/C25H29N3O3/c1-18-9-11-21(12-10-18)26-24(30)19-7-6-8-22(15-19)28-17-20(16-23(28)29)25(31)27-13-4-2-3-5-14-27/h6-12,15,20H,2-5,13-14,16-17H2,1H3,(H,26,30)/t20-/m1/s1. The SMILES string of the molecule is Cc1ccc(NC(=O)c2cccc(N3C[C@H](C(=O)N4CCCCCC4)CC3=O)c2)cc1. The Morgan fingerprint density at radius 1 is 0.968 bits per heavy atom. The van der Waals surface area contributed by atoms with Crippen LogP contribution >= 0.6 is 0 Å². The van der Waals surface area contributed by atoms with E-state index >= 15 is 0 Å². The first kappa shape index (κ1) is 21.1. The first-order valence-electron chi connectivity index (χ1n) is 11.1. The number of rotatable bonds is 4. The number of carbonyl (C=O) groups is 3. The predicted octanol–water partition coefficient (Wildman–Crippen LogP) is 4.00. The van der Waals surface area contributed by atoms with Gasteiger partial charge in [0.05, 0.1) is 5.92 Å². The highest BCUT2D eigenvalue weighted by atomic mass is 16.2. The second kappa shape index (κ2) is 9.33. The summed E-state index contributed by atoms with van der Waals surface area (Å²) in [5.41, 5.74) is 2.99. The van der Waals surface area contributed by atoms with Gasteiger partial charge in [-0.15, -0.1) is 0 Å². The minimum absolute atomic E-state index is 0.0655. The molecule has 0 saturated carbocycles. The Hall–Kier alpha value is -3.15. The molecule has 0 radical (unpaired) electrons. The maximum Gasteiger partial charge on any atom is 0.255 e. The molecule has 2 aromatic rings. The van der Waals surface area contributed by atoms with Gasteiger partial charge in [0.2, 0.25) is 11.8 Å². The van der Waals surface area contributed by atoms with Crippen molar-refractivity contribution in [2.24, 2.45) is 5.92 Å². The molecule has 0 spiro atoms. The van der Waals surface area contributed by atoms with Gasteiger partial charge < -0.3 is 15.1 Å². The van der Waals surface area contributed by atoms with Crippen molar-refractivity contribution in [3.8, 4) is 0 Å². The van der Waals surface area contributed by atoms with Crippen LogP contribution < -0.4 is 10.2 Å². The van der Waals surface area contributed by atoms with E-state index in [0.29, 0.717) is 17.8 Å². The van der Waals surface area contributed by atoms with Crippen molar-refractivity contribution < 1.29 is 14.4 Å². The van der Waals surface area contributed by atoms with E-state index in [1.54, 1.807) is 23.1 Å². The van der Waals surface area contributed by atoms with Crippen LogP contribution in [0, 0.1) is 12.8 Å². The summed E-state index contributed by atoms with van der Waals surface area (Å²) in [6, 6.07) is 14.6. The van der Waals surface area contributed by atoms with Crippen molar-refractivity contribution >= 4 is 29.1 Å². The maximum atomic E-state index is 13.0. The molecule has 0 unspecified atom stereocenters. The molecular formula is C25H29N3O3. The molecule has 2 aliphatic heterocycles. The number of amides is 3. The van der Waals surface area contributed by atoms with Crippen LogP contribution in [0.15, 0.2) is 48.5 Å². The molecule has 6 nitrogen and oxygen atoms in total. The highest BCUT2D eigenvalue weighted by Gasteiger charge is 2.37. The summed E-state index contributed by atoms with van der Waals surface area (Å²) in [5, 5.41) is 2.89. The van der Waals surface area contributed by atoms with Gasteiger partial charge in [0.1, 0.15) is 0 Å². The number of nitrogens with zero attached hydrogens (tertiary/aromatic N) is 2. The highest BCUT2D eigenvalue weighted by Crippen LogP contribution is 2.28. The molecule has 6 heteroatoms. The largest absolute Gasteiger partial charge is 0.342 e. The molecule has 162 valence electrons. The van der Waals surface area contributed by atoms with Crippen molar-refractivity contribution in [1.29, 1.82) is 0 Å². The smallest absolute Gasteiger partial charge is 0.255 e. The molecule has 2 saturated heterocycles. The van der Waals surface area contributed by atoms with Gasteiger partial charge in [0, 0.05) is 43.0 Å². The molecule has 1 N–H and O–H groups in total. The lowest BCUT2D eigenvalue weighted by molar-refractivity contribution is -0.135. The molecule has 2 heterocycles. The van der Waals surface area contributed by atoms with Crippen LogP contribution in [0.25, 0.3) is 0 Å². The number of benzene rings is 2. The number of likely N-dealkylation sites (tertiary alicyclic amines) is 1. The quantitative estimate of drug-likeness (QED) is 0.814. The molecule has 2 fully saturated rings. The average Bonchev–Trinajstić information content (AvgIpc) is 2.98. The van der Waals surface area contributed by atoms with Crippen LogP contribution in [-0.4, -0.2) is 42.3 Å². The number of hydrogen-bond donors (Lipinski definition) is 1. The number of nitrogens with one attached hydrogen (secondary N) is 1. The van der Waals surface area contributed by atoms with Gasteiger partial charge in [0.15, 0.2) is 0 Å². The van der Waals surface area contributed by atoms with Crippen molar-refractivity contribution in [2.75, 3.05) is 29.9 Å². The van der Waals surface area contributed by atoms with Crippen molar-refractivity contribution in [3.63, 3.8) is 0 Å². The topological polar surface area (TPSA) is 69.7 Å². The zero-order valence-electron chi connectivity index (χ0n) is 18.0. The van der Waals surface area contributed by atoms with Gasteiger partial charge in [-0.2, -0.15) is 0 Å². The van der Waals surface area contributed by atoms with Crippen molar-refractivity contribution in [2.45, 2.75) is 39.0 Å². The number of hydrogen-bond acceptors (Lipinski definition) is 3. The zero-order valence-corrected chi connectivity index (χ0v) is 18.0.